The molecule has 1 fully saturated rings. The minimum absolute atomic E-state index is 0.261. The lowest BCUT2D eigenvalue weighted by molar-refractivity contribution is 0.0459. The lowest BCUT2D eigenvalue weighted by Crippen LogP contribution is -2.48. The van der Waals surface area contributed by atoms with Crippen molar-refractivity contribution in [1.82, 2.24) is 5.32 Å². The number of hydrogen-bond donors (Lipinski definition) is 2. The smallest absolute Gasteiger partial charge is 0.0483 e. The van der Waals surface area contributed by atoms with Gasteiger partial charge in [0.05, 0.1) is 0 Å². The first-order valence-electron chi connectivity index (χ1n) is 6.40. The molecule has 1 aliphatic heterocycles. The molecule has 1 aromatic carbocycles. The van der Waals surface area contributed by atoms with E-state index in [2.05, 4.69) is 41.8 Å². The molecule has 3 heteroatoms. The zero-order chi connectivity index (χ0) is 12.0. The molecule has 1 aliphatic rings. The molecule has 0 aromatic heterocycles. The Morgan fingerprint density at radius 1 is 1.12 bits per heavy atom. The van der Waals surface area contributed by atoms with Gasteiger partial charge in [0.1, 0.15) is 0 Å². The van der Waals surface area contributed by atoms with Crippen molar-refractivity contribution in [3.8, 4) is 0 Å². The van der Waals surface area contributed by atoms with E-state index in [1.165, 1.54) is 5.69 Å². The van der Waals surface area contributed by atoms with E-state index < -0.39 is 0 Å². The molecule has 1 heterocycles. The van der Waals surface area contributed by atoms with Gasteiger partial charge in [0, 0.05) is 37.5 Å². The fourth-order valence-electron chi connectivity index (χ4n) is 2.13. The lowest BCUT2D eigenvalue weighted by atomic mass is 9.92. The van der Waals surface area contributed by atoms with E-state index in [-0.39, 0.29) is 5.54 Å². The standard InChI is InChI=1S/C14H22N2O/c1-14(7-11-17-12-8-14)16-10-9-15-13-5-3-2-4-6-13/h2-6,15-16H,7-12H2,1H3. The Bertz CT molecular complexity index is 320. The summed E-state index contributed by atoms with van der Waals surface area (Å²) in [6, 6.07) is 10.3. The van der Waals surface area contributed by atoms with E-state index in [0.29, 0.717) is 0 Å². The molecule has 0 saturated carbocycles. The van der Waals surface area contributed by atoms with E-state index in [9.17, 15) is 0 Å². The number of benzene rings is 1. The highest BCUT2D eigenvalue weighted by molar-refractivity contribution is 5.42. The zero-order valence-electron chi connectivity index (χ0n) is 10.5. The first-order valence-corrected chi connectivity index (χ1v) is 6.40. The summed E-state index contributed by atoms with van der Waals surface area (Å²) in [6.45, 7) is 6.01. The second-order valence-electron chi connectivity index (χ2n) is 4.89. The quantitative estimate of drug-likeness (QED) is 0.767. The Hall–Kier alpha value is -1.06. The summed E-state index contributed by atoms with van der Waals surface area (Å²) in [5, 5.41) is 7.03. The van der Waals surface area contributed by atoms with Crippen molar-refractivity contribution >= 4 is 5.69 Å². The first kappa shape index (κ1) is 12.4. The van der Waals surface area contributed by atoms with Gasteiger partial charge >= 0.3 is 0 Å². The summed E-state index contributed by atoms with van der Waals surface area (Å²) in [5.74, 6) is 0. The normalized spacial score (nSPS) is 18.9. The summed E-state index contributed by atoms with van der Waals surface area (Å²) in [6.07, 6.45) is 2.22. The average molecular weight is 234 g/mol. The molecule has 0 amide bonds. The van der Waals surface area contributed by atoms with Crippen LogP contribution >= 0.6 is 0 Å². The molecule has 1 saturated heterocycles. The van der Waals surface area contributed by atoms with Gasteiger partial charge in [-0.3, -0.25) is 0 Å². The summed E-state index contributed by atoms with van der Waals surface area (Å²) < 4.78 is 5.38. The summed E-state index contributed by atoms with van der Waals surface area (Å²) in [5.41, 5.74) is 1.45. The van der Waals surface area contributed by atoms with Gasteiger partial charge in [0.15, 0.2) is 0 Å². The van der Waals surface area contributed by atoms with Gasteiger partial charge in [0.25, 0.3) is 0 Å². The molecule has 94 valence electrons. The molecule has 0 radical (unpaired) electrons. The number of anilines is 1. The maximum atomic E-state index is 5.38. The van der Waals surface area contributed by atoms with E-state index in [4.69, 9.17) is 4.74 Å². The molecule has 3 nitrogen and oxygen atoms in total. The fourth-order valence-corrected chi connectivity index (χ4v) is 2.13. The van der Waals surface area contributed by atoms with Crippen LogP contribution in [0.4, 0.5) is 5.69 Å². The monoisotopic (exact) mass is 234 g/mol. The predicted molar refractivity (Wildman–Crippen MR) is 71.4 cm³/mol. The molecule has 1 aromatic rings. The number of rotatable bonds is 5. The van der Waals surface area contributed by atoms with Crippen molar-refractivity contribution in [1.29, 1.82) is 0 Å². The number of hydrogen-bond acceptors (Lipinski definition) is 3. The van der Waals surface area contributed by atoms with Crippen LogP contribution in [0.15, 0.2) is 30.3 Å². The molecular formula is C14H22N2O. The van der Waals surface area contributed by atoms with Crippen LogP contribution in [0.3, 0.4) is 0 Å². The maximum Gasteiger partial charge on any atom is 0.0483 e. The van der Waals surface area contributed by atoms with E-state index >= 15 is 0 Å². The van der Waals surface area contributed by atoms with Gasteiger partial charge in [-0.15, -0.1) is 0 Å². The third-order valence-electron chi connectivity index (χ3n) is 3.38. The minimum Gasteiger partial charge on any atom is -0.384 e. The fraction of sp³-hybridized carbons (Fsp3) is 0.571. The molecule has 17 heavy (non-hydrogen) atoms. The van der Waals surface area contributed by atoms with Crippen LogP contribution in [0.2, 0.25) is 0 Å². The zero-order valence-corrected chi connectivity index (χ0v) is 10.5. The number of ether oxygens (including phenoxy) is 1. The second kappa shape index (κ2) is 6.03. The summed E-state index contributed by atoms with van der Waals surface area (Å²) >= 11 is 0. The van der Waals surface area contributed by atoms with Crippen LogP contribution in [-0.2, 0) is 4.74 Å². The van der Waals surface area contributed by atoms with Crippen LogP contribution in [0.25, 0.3) is 0 Å². The molecule has 0 atom stereocenters. The topological polar surface area (TPSA) is 33.3 Å². The maximum absolute atomic E-state index is 5.38. The molecule has 2 N–H and O–H groups in total. The minimum atomic E-state index is 0.261. The highest BCUT2D eigenvalue weighted by atomic mass is 16.5. The first-order chi connectivity index (χ1) is 8.29. The number of para-hydroxylation sites is 1. The van der Waals surface area contributed by atoms with Crippen LogP contribution in [0.1, 0.15) is 19.8 Å². The van der Waals surface area contributed by atoms with Gasteiger partial charge in [-0.05, 0) is 31.9 Å². The Morgan fingerprint density at radius 3 is 2.53 bits per heavy atom. The van der Waals surface area contributed by atoms with Crippen molar-refractivity contribution < 1.29 is 4.74 Å². The molecule has 0 unspecified atom stereocenters. The second-order valence-corrected chi connectivity index (χ2v) is 4.89. The van der Waals surface area contributed by atoms with Crippen molar-refractivity contribution in [3.05, 3.63) is 30.3 Å². The highest BCUT2D eigenvalue weighted by Gasteiger charge is 2.25. The molecular weight excluding hydrogens is 212 g/mol. The summed E-state index contributed by atoms with van der Waals surface area (Å²) in [4.78, 5) is 0. The van der Waals surface area contributed by atoms with Crippen LogP contribution < -0.4 is 10.6 Å². The van der Waals surface area contributed by atoms with E-state index in [1.54, 1.807) is 0 Å². The highest BCUT2D eigenvalue weighted by Crippen LogP contribution is 2.19. The molecule has 0 aliphatic carbocycles. The van der Waals surface area contributed by atoms with Crippen molar-refractivity contribution in [2.45, 2.75) is 25.3 Å². The predicted octanol–water partition coefficient (Wildman–Crippen LogP) is 2.26. The third-order valence-corrected chi connectivity index (χ3v) is 3.38. The Kier molecular flexibility index (Phi) is 4.40. The van der Waals surface area contributed by atoms with Crippen molar-refractivity contribution in [3.63, 3.8) is 0 Å². The average Bonchev–Trinajstić information content (AvgIpc) is 2.37. The van der Waals surface area contributed by atoms with Gasteiger partial charge in [0.2, 0.25) is 0 Å². The van der Waals surface area contributed by atoms with Crippen LogP contribution in [0.5, 0.6) is 0 Å². The Labute approximate surface area is 104 Å². The lowest BCUT2D eigenvalue weighted by Gasteiger charge is -2.34. The van der Waals surface area contributed by atoms with E-state index in [0.717, 1.165) is 39.1 Å². The van der Waals surface area contributed by atoms with Crippen LogP contribution in [-0.4, -0.2) is 31.8 Å². The van der Waals surface area contributed by atoms with Crippen molar-refractivity contribution in [2.75, 3.05) is 31.6 Å². The van der Waals surface area contributed by atoms with Gasteiger partial charge in [-0.25, -0.2) is 0 Å². The van der Waals surface area contributed by atoms with Gasteiger partial charge in [-0.1, -0.05) is 18.2 Å². The SMILES string of the molecule is CC1(NCCNc2ccccc2)CCOCC1. The van der Waals surface area contributed by atoms with Gasteiger partial charge in [-0.2, -0.15) is 0 Å². The largest absolute Gasteiger partial charge is 0.384 e. The molecule has 0 spiro atoms. The Balaban J connectivity index is 1.66. The summed E-state index contributed by atoms with van der Waals surface area (Å²) in [7, 11) is 0. The van der Waals surface area contributed by atoms with E-state index in [1.807, 2.05) is 6.07 Å². The van der Waals surface area contributed by atoms with Gasteiger partial charge < -0.3 is 15.4 Å². The molecule has 0 bridgehead atoms. The van der Waals surface area contributed by atoms with Crippen molar-refractivity contribution in [2.24, 2.45) is 0 Å². The third kappa shape index (κ3) is 4.02. The molecule has 2 rings (SSSR count). The number of nitrogens with one attached hydrogen (secondary N) is 2. The Morgan fingerprint density at radius 2 is 1.82 bits per heavy atom. The van der Waals surface area contributed by atoms with Crippen LogP contribution in [0, 0.1) is 0 Å².